The zero-order valence-corrected chi connectivity index (χ0v) is 15.4. The van der Waals surface area contributed by atoms with Gasteiger partial charge in [0.1, 0.15) is 12.4 Å². The van der Waals surface area contributed by atoms with Gasteiger partial charge in [-0.1, -0.05) is 36.0 Å². The summed E-state index contributed by atoms with van der Waals surface area (Å²) in [4.78, 5) is 12.0. The maximum atomic E-state index is 12.9. The second-order valence-electron chi connectivity index (χ2n) is 5.96. The minimum absolute atomic E-state index is 0.119. The van der Waals surface area contributed by atoms with Gasteiger partial charge in [0.2, 0.25) is 12.0 Å². The van der Waals surface area contributed by atoms with E-state index in [1.807, 2.05) is 18.2 Å². The van der Waals surface area contributed by atoms with Gasteiger partial charge in [-0.2, -0.15) is 0 Å². The van der Waals surface area contributed by atoms with Gasteiger partial charge in [-0.25, -0.2) is 4.39 Å². The van der Waals surface area contributed by atoms with E-state index in [9.17, 15) is 9.18 Å². The molecule has 144 valence electrons. The van der Waals surface area contributed by atoms with Crippen LogP contribution >= 0.6 is 11.8 Å². The molecule has 9 heteroatoms. The summed E-state index contributed by atoms with van der Waals surface area (Å²) >= 11 is 1.13. The van der Waals surface area contributed by atoms with Crippen molar-refractivity contribution in [1.29, 1.82) is 0 Å². The van der Waals surface area contributed by atoms with Crippen LogP contribution in [-0.2, 0) is 11.3 Å². The third-order valence-electron chi connectivity index (χ3n) is 3.94. The number of amides is 1. The van der Waals surface area contributed by atoms with Gasteiger partial charge in [0, 0.05) is 6.54 Å². The van der Waals surface area contributed by atoms with Gasteiger partial charge in [0.25, 0.3) is 11.1 Å². The SMILES string of the molecule is O=C(CSc1nnc([C@H]2COc3ccccc3O2)o1)NCc1ccc(F)cc1. The summed E-state index contributed by atoms with van der Waals surface area (Å²) in [5.74, 6) is 1.20. The zero-order chi connectivity index (χ0) is 19.3. The van der Waals surface area contributed by atoms with Gasteiger partial charge in [0.15, 0.2) is 11.5 Å². The third-order valence-corrected chi connectivity index (χ3v) is 4.75. The largest absolute Gasteiger partial charge is 0.485 e. The smallest absolute Gasteiger partial charge is 0.277 e. The van der Waals surface area contributed by atoms with E-state index in [4.69, 9.17) is 13.9 Å². The predicted octanol–water partition coefficient (Wildman–Crippen LogP) is 3.13. The van der Waals surface area contributed by atoms with Crippen LogP contribution in [0.1, 0.15) is 17.6 Å². The van der Waals surface area contributed by atoms with E-state index < -0.39 is 6.10 Å². The summed E-state index contributed by atoms with van der Waals surface area (Å²) in [6.45, 7) is 0.586. The molecule has 0 unspecified atom stereocenters. The van der Waals surface area contributed by atoms with Crippen LogP contribution in [0.5, 0.6) is 11.5 Å². The summed E-state index contributed by atoms with van der Waals surface area (Å²) in [7, 11) is 0. The maximum absolute atomic E-state index is 12.9. The number of carbonyl (C=O) groups is 1. The Bertz CT molecular complexity index is 964. The lowest BCUT2D eigenvalue weighted by atomic mass is 10.2. The quantitative estimate of drug-likeness (QED) is 0.635. The lowest BCUT2D eigenvalue weighted by Crippen LogP contribution is -2.24. The Hall–Kier alpha value is -3.07. The number of ether oxygens (including phenoxy) is 2. The van der Waals surface area contributed by atoms with E-state index in [0.717, 1.165) is 17.3 Å². The first-order valence-corrected chi connectivity index (χ1v) is 9.52. The van der Waals surface area contributed by atoms with Crippen LogP contribution in [0, 0.1) is 5.82 Å². The van der Waals surface area contributed by atoms with Crippen LogP contribution < -0.4 is 14.8 Å². The number of rotatable bonds is 6. The van der Waals surface area contributed by atoms with E-state index in [1.165, 1.54) is 12.1 Å². The number of para-hydroxylation sites is 2. The summed E-state index contributed by atoms with van der Waals surface area (Å²) in [6, 6.07) is 13.3. The van der Waals surface area contributed by atoms with Crippen molar-refractivity contribution < 1.29 is 23.1 Å². The molecule has 3 aromatic rings. The van der Waals surface area contributed by atoms with Crippen molar-refractivity contribution in [3.8, 4) is 11.5 Å². The maximum Gasteiger partial charge on any atom is 0.277 e. The highest BCUT2D eigenvalue weighted by atomic mass is 32.2. The molecule has 1 atom stereocenters. The van der Waals surface area contributed by atoms with Crippen molar-refractivity contribution in [2.24, 2.45) is 0 Å². The van der Waals surface area contributed by atoms with Gasteiger partial charge in [-0.3, -0.25) is 4.79 Å². The van der Waals surface area contributed by atoms with E-state index >= 15 is 0 Å². The van der Waals surface area contributed by atoms with Gasteiger partial charge in [-0.05, 0) is 29.8 Å². The third kappa shape index (κ3) is 4.42. The van der Waals surface area contributed by atoms with E-state index in [-0.39, 0.29) is 29.3 Å². The first-order chi connectivity index (χ1) is 13.7. The summed E-state index contributed by atoms with van der Waals surface area (Å²) < 4.78 is 29.9. The van der Waals surface area contributed by atoms with Crippen molar-refractivity contribution >= 4 is 17.7 Å². The van der Waals surface area contributed by atoms with Gasteiger partial charge >= 0.3 is 0 Å². The number of hydrogen-bond donors (Lipinski definition) is 1. The fourth-order valence-electron chi connectivity index (χ4n) is 2.53. The average Bonchev–Trinajstić information content (AvgIpc) is 3.20. The fraction of sp³-hybridized carbons (Fsp3) is 0.211. The number of nitrogens with one attached hydrogen (secondary N) is 1. The molecule has 0 radical (unpaired) electrons. The molecule has 2 heterocycles. The molecule has 2 aromatic carbocycles. The minimum Gasteiger partial charge on any atom is -0.485 e. The molecule has 1 amide bonds. The number of nitrogens with zero attached hydrogens (tertiary/aromatic N) is 2. The number of carbonyl (C=O) groups excluding carboxylic acids is 1. The number of thioether (sulfide) groups is 1. The Kier molecular flexibility index (Phi) is 5.43. The summed E-state index contributed by atoms with van der Waals surface area (Å²) in [6.07, 6.45) is -0.496. The number of halogens is 1. The van der Waals surface area contributed by atoms with E-state index in [1.54, 1.807) is 18.2 Å². The highest BCUT2D eigenvalue weighted by Gasteiger charge is 2.27. The molecule has 7 nitrogen and oxygen atoms in total. The van der Waals surface area contributed by atoms with E-state index in [2.05, 4.69) is 15.5 Å². The highest BCUT2D eigenvalue weighted by molar-refractivity contribution is 7.99. The van der Waals surface area contributed by atoms with Crippen LogP contribution in [0.2, 0.25) is 0 Å². The molecule has 0 saturated carbocycles. The predicted molar refractivity (Wildman–Crippen MR) is 98.6 cm³/mol. The highest BCUT2D eigenvalue weighted by Crippen LogP contribution is 2.35. The Labute approximate surface area is 164 Å². The van der Waals surface area contributed by atoms with Crippen molar-refractivity contribution in [3.63, 3.8) is 0 Å². The first-order valence-electron chi connectivity index (χ1n) is 8.53. The van der Waals surface area contributed by atoms with Crippen LogP contribution in [0.15, 0.2) is 58.2 Å². The Morgan fingerprint density at radius 1 is 1.14 bits per heavy atom. The van der Waals surface area contributed by atoms with Crippen molar-refractivity contribution in [1.82, 2.24) is 15.5 Å². The molecule has 1 aromatic heterocycles. The van der Waals surface area contributed by atoms with Gasteiger partial charge < -0.3 is 19.2 Å². The van der Waals surface area contributed by atoms with Crippen LogP contribution in [0.25, 0.3) is 0 Å². The fourth-order valence-corrected chi connectivity index (χ4v) is 3.13. The van der Waals surface area contributed by atoms with Crippen molar-refractivity contribution in [2.45, 2.75) is 17.9 Å². The molecule has 1 N–H and O–H groups in total. The first kappa shape index (κ1) is 18.3. The monoisotopic (exact) mass is 401 g/mol. The van der Waals surface area contributed by atoms with Crippen molar-refractivity contribution in [2.75, 3.05) is 12.4 Å². The van der Waals surface area contributed by atoms with Crippen LogP contribution in [0.4, 0.5) is 4.39 Å². The second-order valence-corrected chi connectivity index (χ2v) is 6.89. The van der Waals surface area contributed by atoms with Gasteiger partial charge in [0.05, 0.1) is 5.75 Å². The molecule has 0 spiro atoms. The second kappa shape index (κ2) is 8.30. The molecule has 0 saturated heterocycles. The van der Waals surface area contributed by atoms with Crippen LogP contribution in [-0.4, -0.2) is 28.5 Å². The molecule has 0 aliphatic carbocycles. The minimum atomic E-state index is -0.496. The zero-order valence-electron chi connectivity index (χ0n) is 14.6. The Morgan fingerprint density at radius 3 is 2.75 bits per heavy atom. The normalized spacial score (nSPS) is 15.2. The Balaban J connectivity index is 1.27. The Morgan fingerprint density at radius 2 is 1.93 bits per heavy atom. The number of hydrogen-bond acceptors (Lipinski definition) is 7. The molecular formula is C19H16FN3O4S. The number of aromatic nitrogens is 2. The number of fused-ring (bicyclic) bond motifs is 1. The van der Waals surface area contributed by atoms with E-state index in [0.29, 0.717) is 23.9 Å². The summed E-state index contributed by atoms with van der Waals surface area (Å²) in [5, 5.41) is 10.9. The molecule has 1 aliphatic heterocycles. The molecule has 0 fully saturated rings. The lowest BCUT2D eigenvalue weighted by molar-refractivity contribution is -0.118. The average molecular weight is 401 g/mol. The molecule has 0 bridgehead atoms. The van der Waals surface area contributed by atoms with Gasteiger partial charge in [-0.15, -0.1) is 10.2 Å². The molecular weight excluding hydrogens is 385 g/mol. The molecule has 1 aliphatic rings. The van der Waals surface area contributed by atoms with Crippen molar-refractivity contribution in [3.05, 3.63) is 65.8 Å². The molecule has 4 rings (SSSR count). The van der Waals surface area contributed by atoms with Crippen LogP contribution in [0.3, 0.4) is 0 Å². The standard InChI is InChI=1S/C19H16FN3O4S/c20-13-7-5-12(6-8-13)9-21-17(24)11-28-19-23-22-18(27-19)16-10-25-14-3-1-2-4-15(14)26-16/h1-8,16H,9-11H2,(H,21,24)/t16-/m1/s1. The summed E-state index contributed by atoms with van der Waals surface area (Å²) in [5.41, 5.74) is 0.814. The number of benzene rings is 2. The lowest BCUT2D eigenvalue weighted by Gasteiger charge is -2.23. The molecule has 28 heavy (non-hydrogen) atoms. The topological polar surface area (TPSA) is 86.5 Å².